The number of carbonyl (C=O) groups excluding carboxylic acids is 2. The highest BCUT2D eigenvalue weighted by Crippen LogP contribution is 2.60. The summed E-state index contributed by atoms with van der Waals surface area (Å²) < 4.78 is 27.0. The molecule has 3 aliphatic heterocycles. The van der Waals surface area contributed by atoms with Crippen LogP contribution in [-0.2, 0) is 31.2 Å². The number of para-hydroxylation sites is 1. The Morgan fingerprint density at radius 2 is 1.71 bits per heavy atom. The highest BCUT2D eigenvalue weighted by Gasteiger charge is 2.66. The topological polar surface area (TPSA) is 169 Å². The molecule has 0 unspecified atom stereocenters. The van der Waals surface area contributed by atoms with Crippen LogP contribution in [0.1, 0.15) is 24.5 Å². The summed E-state index contributed by atoms with van der Waals surface area (Å²) in [5, 5.41) is 51.5. The van der Waals surface area contributed by atoms with Crippen LogP contribution in [0.5, 0.6) is 0 Å². The number of ether oxygens (including phenoxy) is 2. The zero-order valence-corrected chi connectivity index (χ0v) is 24.6. The molecule has 0 radical (unpaired) electrons. The van der Waals surface area contributed by atoms with Gasteiger partial charge < -0.3 is 49.3 Å². The zero-order chi connectivity index (χ0) is 30.6. The molecule has 0 saturated carbocycles. The molecule has 0 aromatic heterocycles. The SMILES string of the molecule is C[C@H]1[C@H]([Si](C)(C)F)[C@@H](CCO)O[C@]12C(=O)N(Cc1ccc(NC(=O)[C@H]3O[C@@H](O)[C@H](O)[C@@H](O)[C@@H]3O)cc1)c1ccccc12. The normalized spacial score (nSPS) is 34.6. The largest absolute Gasteiger partial charge is 0.396 e. The summed E-state index contributed by atoms with van der Waals surface area (Å²) in [6.45, 7) is 5.08. The minimum Gasteiger partial charge on any atom is -0.396 e. The smallest absolute Gasteiger partial charge is 0.264 e. The molecule has 42 heavy (non-hydrogen) atoms. The molecule has 3 heterocycles. The zero-order valence-electron chi connectivity index (χ0n) is 23.6. The van der Waals surface area contributed by atoms with Gasteiger partial charge in [0.25, 0.3) is 11.8 Å². The monoisotopic (exact) mass is 604 g/mol. The number of benzene rings is 2. The Balaban J connectivity index is 1.35. The fourth-order valence-corrected chi connectivity index (χ4v) is 9.27. The molecular formula is C29H37FN2O9Si. The van der Waals surface area contributed by atoms with Crippen molar-refractivity contribution in [3.05, 3.63) is 59.7 Å². The Bertz CT molecular complexity index is 1320. The molecule has 2 fully saturated rings. The van der Waals surface area contributed by atoms with Crippen molar-refractivity contribution in [1.29, 1.82) is 0 Å². The quantitative estimate of drug-likeness (QED) is 0.200. The molecule has 13 heteroatoms. The maximum atomic E-state index is 15.6. The third kappa shape index (κ3) is 5.07. The molecule has 2 amide bonds. The lowest BCUT2D eigenvalue weighted by Gasteiger charge is -2.37. The van der Waals surface area contributed by atoms with E-state index in [0.717, 1.165) is 5.56 Å². The number of rotatable bonds is 7. The van der Waals surface area contributed by atoms with Gasteiger partial charge in [0.05, 0.1) is 18.3 Å². The van der Waals surface area contributed by atoms with Gasteiger partial charge in [0.15, 0.2) is 18.0 Å². The molecule has 6 N–H and O–H groups in total. The van der Waals surface area contributed by atoms with Crippen molar-refractivity contribution in [1.82, 2.24) is 0 Å². The molecule has 228 valence electrons. The fraction of sp³-hybridized carbons (Fsp3) is 0.517. The second-order valence-electron chi connectivity index (χ2n) is 11.8. The molecule has 9 atom stereocenters. The van der Waals surface area contributed by atoms with Crippen LogP contribution in [-0.4, -0.2) is 89.2 Å². The Hall–Kier alpha value is -2.75. The molecule has 3 aliphatic rings. The summed E-state index contributed by atoms with van der Waals surface area (Å²) in [6.07, 6.45) is -9.08. The summed E-state index contributed by atoms with van der Waals surface area (Å²) in [5.41, 5.74) is 0.547. The number of carbonyl (C=O) groups is 2. The number of nitrogens with zero attached hydrogens (tertiary/aromatic N) is 1. The van der Waals surface area contributed by atoms with Crippen molar-refractivity contribution in [3.8, 4) is 0 Å². The third-order valence-corrected chi connectivity index (χ3v) is 11.1. The van der Waals surface area contributed by atoms with Gasteiger partial charge in [-0.3, -0.25) is 9.59 Å². The maximum absolute atomic E-state index is 15.6. The summed E-state index contributed by atoms with van der Waals surface area (Å²) >= 11 is 0. The summed E-state index contributed by atoms with van der Waals surface area (Å²) in [6, 6.07) is 13.9. The molecule has 0 aliphatic carbocycles. The molecular weight excluding hydrogens is 567 g/mol. The highest BCUT2D eigenvalue weighted by molar-refractivity contribution is 6.72. The van der Waals surface area contributed by atoms with E-state index < -0.39 is 68.2 Å². The number of hydrogen-bond acceptors (Lipinski definition) is 9. The number of nitrogens with one attached hydrogen (secondary N) is 1. The molecule has 0 bridgehead atoms. The first-order valence-electron chi connectivity index (χ1n) is 14.0. The first-order chi connectivity index (χ1) is 19.8. The van der Waals surface area contributed by atoms with E-state index in [0.29, 0.717) is 16.9 Å². The molecule has 2 aromatic rings. The van der Waals surface area contributed by atoms with Gasteiger partial charge >= 0.3 is 0 Å². The summed E-state index contributed by atoms with van der Waals surface area (Å²) in [4.78, 5) is 28.5. The van der Waals surface area contributed by atoms with E-state index in [1.807, 2.05) is 31.2 Å². The molecule has 5 rings (SSSR count). The first kappa shape index (κ1) is 30.7. The van der Waals surface area contributed by atoms with Gasteiger partial charge in [-0.05, 0) is 43.3 Å². The van der Waals surface area contributed by atoms with E-state index in [-0.39, 0.29) is 25.5 Å². The number of amides is 2. The Morgan fingerprint density at radius 1 is 1.05 bits per heavy atom. The predicted octanol–water partition coefficient (Wildman–Crippen LogP) is 1.13. The van der Waals surface area contributed by atoms with Gasteiger partial charge in [0.2, 0.25) is 8.41 Å². The van der Waals surface area contributed by atoms with Gasteiger partial charge in [-0.15, -0.1) is 0 Å². The number of aliphatic hydroxyl groups excluding tert-OH is 5. The molecule has 2 aromatic carbocycles. The lowest BCUT2D eigenvalue weighted by molar-refractivity contribution is -0.274. The molecule has 2 saturated heterocycles. The van der Waals surface area contributed by atoms with E-state index in [9.17, 15) is 35.1 Å². The molecule has 1 spiro atoms. The van der Waals surface area contributed by atoms with Crippen LogP contribution >= 0.6 is 0 Å². The summed E-state index contributed by atoms with van der Waals surface area (Å²) in [5.74, 6) is -1.57. The van der Waals surface area contributed by atoms with E-state index in [4.69, 9.17) is 9.47 Å². The predicted molar refractivity (Wildman–Crippen MR) is 151 cm³/mol. The lowest BCUT2D eigenvalue weighted by Crippen LogP contribution is -2.60. The average molecular weight is 605 g/mol. The minimum absolute atomic E-state index is 0.175. The Morgan fingerprint density at radius 3 is 2.36 bits per heavy atom. The second kappa shape index (κ2) is 11.4. The van der Waals surface area contributed by atoms with E-state index in [1.54, 1.807) is 42.3 Å². The number of anilines is 2. The van der Waals surface area contributed by atoms with E-state index in [2.05, 4.69) is 5.32 Å². The third-order valence-electron chi connectivity index (χ3n) is 8.69. The van der Waals surface area contributed by atoms with Gasteiger partial charge in [0.1, 0.15) is 18.3 Å². The number of aliphatic hydroxyl groups is 5. The van der Waals surface area contributed by atoms with Crippen LogP contribution in [0, 0.1) is 5.92 Å². The van der Waals surface area contributed by atoms with Crippen molar-refractivity contribution in [2.75, 3.05) is 16.8 Å². The van der Waals surface area contributed by atoms with Crippen LogP contribution in [0.4, 0.5) is 15.5 Å². The minimum atomic E-state index is -3.28. The number of hydrogen-bond donors (Lipinski definition) is 6. The van der Waals surface area contributed by atoms with Crippen LogP contribution in [0.2, 0.25) is 18.6 Å². The number of fused-ring (bicyclic) bond motifs is 2. The lowest BCUT2D eigenvalue weighted by atomic mass is 9.82. The maximum Gasteiger partial charge on any atom is 0.264 e. The summed E-state index contributed by atoms with van der Waals surface area (Å²) in [7, 11) is -3.28. The fourth-order valence-electron chi connectivity index (χ4n) is 6.72. The van der Waals surface area contributed by atoms with Crippen LogP contribution in [0.15, 0.2) is 48.5 Å². The van der Waals surface area contributed by atoms with E-state index in [1.165, 1.54) is 0 Å². The molecule has 11 nitrogen and oxygen atoms in total. The highest BCUT2D eigenvalue weighted by atomic mass is 28.4. The number of halogens is 1. The Kier molecular flexibility index (Phi) is 8.33. The standard InChI is InChI=1S/C29H37FN2O9Si/c1-15-25(42(2,3)30)20(12-13-33)41-29(15)18-6-4-5-7-19(18)32(28(29)39)14-16-8-10-17(11-9-16)31-26(37)24-22(35)21(34)23(36)27(38)40-24/h4-11,15,20-25,27,33-36,38H,12-14H2,1-3H3,(H,31,37)/t15-,20+,21-,22-,23+,24-,25-,27+,29+/m0/s1. The van der Waals surface area contributed by atoms with Gasteiger partial charge in [-0.2, -0.15) is 0 Å². The van der Waals surface area contributed by atoms with Crippen molar-refractivity contribution in [2.24, 2.45) is 5.92 Å². The van der Waals surface area contributed by atoms with Crippen molar-refractivity contribution < 1.29 is 48.7 Å². The van der Waals surface area contributed by atoms with Crippen molar-refractivity contribution >= 4 is 31.6 Å². The Labute approximate surface area is 243 Å². The van der Waals surface area contributed by atoms with Crippen LogP contribution < -0.4 is 10.2 Å². The van der Waals surface area contributed by atoms with Gasteiger partial charge in [-0.25, -0.2) is 0 Å². The van der Waals surface area contributed by atoms with Gasteiger partial charge in [0, 0.05) is 29.3 Å². The average Bonchev–Trinajstić information content (AvgIpc) is 3.37. The van der Waals surface area contributed by atoms with Crippen molar-refractivity contribution in [3.63, 3.8) is 0 Å². The first-order valence-corrected chi connectivity index (χ1v) is 16.9. The van der Waals surface area contributed by atoms with Crippen LogP contribution in [0.25, 0.3) is 0 Å². The van der Waals surface area contributed by atoms with Crippen molar-refractivity contribution in [2.45, 2.75) is 80.9 Å². The van der Waals surface area contributed by atoms with Gasteiger partial charge in [-0.1, -0.05) is 37.3 Å². The second-order valence-corrected chi connectivity index (χ2v) is 15.6. The van der Waals surface area contributed by atoms with E-state index >= 15 is 4.11 Å². The van der Waals surface area contributed by atoms with Crippen LogP contribution in [0.3, 0.4) is 0 Å².